The van der Waals surface area contributed by atoms with Crippen LogP contribution in [0.3, 0.4) is 0 Å². The first kappa shape index (κ1) is 10.6. The van der Waals surface area contributed by atoms with E-state index in [1.165, 1.54) is 15.4 Å². The number of aromatic nitrogens is 3. The van der Waals surface area contributed by atoms with Gasteiger partial charge in [-0.05, 0) is 16.3 Å². The SMILES string of the molecule is Nc1nnc(Cc2ccc3ccccc3c2)n1N. The highest BCUT2D eigenvalue weighted by molar-refractivity contribution is 5.83. The van der Waals surface area contributed by atoms with E-state index in [0.717, 1.165) is 5.56 Å². The van der Waals surface area contributed by atoms with Crippen LogP contribution in [0.25, 0.3) is 10.8 Å². The molecule has 90 valence electrons. The summed E-state index contributed by atoms with van der Waals surface area (Å²) in [5, 5.41) is 10.1. The molecule has 0 saturated heterocycles. The average molecular weight is 239 g/mol. The second-order valence-electron chi connectivity index (χ2n) is 4.20. The highest BCUT2D eigenvalue weighted by Gasteiger charge is 2.07. The van der Waals surface area contributed by atoms with E-state index in [2.05, 4.69) is 40.5 Å². The third-order valence-corrected chi connectivity index (χ3v) is 2.97. The van der Waals surface area contributed by atoms with E-state index >= 15 is 0 Å². The van der Waals surface area contributed by atoms with Gasteiger partial charge in [-0.15, -0.1) is 10.2 Å². The molecule has 2 aromatic carbocycles. The standard InChI is InChI=1S/C13H13N5/c14-13-17-16-12(18(13)15)8-9-5-6-10-3-1-2-4-11(10)7-9/h1-7H,8,15H2,(H2,14,17). The fourth-order valence-corrected chi connectivity index (χ4v) is 1.99. The van der Waals surface area contributed by atoms with Gasteiger partial charge in [-0.3, -0.25) is 0 Å². The lowest BCUT2D eigenvalue weighted by Gasteiger charge is -2.03. The monoisotopic (exact) mass is 239 g/mol. The first-order valence-corrected chi connectivity index (χ1v) is 5.66. The Morgan fingerprint density at radius 3 is 2.50 bits per heavy atom. The molecule has 0 spiro atoms. The molecule has 3 rings (SSSR count). The summed E-state index contributed by atoms with van der Waals surface area (Å²) in [4.78, 5) is 0. The number of nitrogens with two attached hydrogens (primary N) is 2. The van der Waals surface area contributed by atoms with Crippen LogP contribution in [-0.4, -0.2) is 14.9 Å². The summed E-state index contributed by atoms with van der Waals surface area (Å²) in [6.07, 6.45) is 0.617. The second-order valence-corrected chi connectivity index (χ2v) is 4.20. The lowest BCUT2D eigenvalue weighted by molar-refractivity contribution is 0.879. The number of nitrogen functional groups attached to an aromatic ring is 2. The first-order valence-electron chi connectivity index (χ1n) is 5.66. The van der Waals surface area contributed by atoms with E-state index in [9.17, 15) is 0 Å². The van der Waals surface area contributed by atoms with E-state index < -0.39 is 0 Å². The van der Waals surface area contributed by atoms with Gasteiger partial charge >= 0.3 is 0 Å². The number of hydrogen-bond donors (Lipinski definition) is 2. The number of rotatable bonds is 2. The number of nitrogens with zero attached hydrogens (tertiary/aromatic N) is 3. The largest absolute Gasteiger partial charge is 0.366 e. The Bertz CT molecular complexity index is 701. The topological polar surface area (TPSA) is 82.8 Å². The molecule has 0 aliphatic rings. The highest BCUT2D eigenvalue weighted by atomic mass is 15.4. The second kappa shape index (κ2) is 4.03. The van der Waals surface area contributed by atoms with Gasteiger partial charge in [-0.1, -0.05) is 42.5 Å². The Kier molecular flexibility index (Phi) is 2.37. The van der Waals surface area contributed by atoms with Crippen molar-refractivity contribution in [3.63, 3.8) is 0 Å². The van der Waals surface area contributed by atoms with Gasteiger partial charge in [0.1, 0.15) is 0 Å². The van der Waals surface area contributed by atoms with Crippen LogP contribution in [0.1, 0.15) is 11.4 Å². The van der Waals surface area contributed by atoms with Gasteiger partial charge in [-0.25, -0.2) is 4.68 Å². The molecule has 4 N–H and O–H groups in total. The van der Waals surface area contributed by atoms with Crippen LogP contribution in [0, 0.1) is 0 Å². The van der Waals surface area contributed by atoms with Crippen LogP contribution in [0.15, 0.2) is 42.5 Å². The predicted octanol–water partition coefficient (Wildman–Crippen LogP) is 1.32. The summed E-state index contributed by atoms with van der Waals surface area (Å²) in [6, 6.07) is 14.5. The molecule has 5 heteroatoms. The summed E-state index contributed by atoms with van der Waals surface area (Å²) in [5.41, 5.74) is 6.68. The zero-order chi connectivity index (χ0) is 12.5. The summed E-state index contributed by atoms with van der Waals surface area (Å²) in [6.45, 7) is 0. The van der Waals surface area contributed by atoms with Crippen molar-refractivity contribution in [2.75, 3.05) is 11.6 Å². The lowest BCUT2D eigenvalue weighted by atomic mass is 10.1. The molecule has 1 aromatic heterocycles. The van der Waals surface area contributed by atoms with Crippen molar-refractivity contribution in [3.05, 3.63) is 53.9 Å². The molecule has 0 bridgehead atoms. The maximum atomic E-state index is 5.73. The molecule has 0 aliphatic carbocycles. The van der Waals surface area contributed by atoms with Gasteiger partial charge in [0.2, 0.25) is 5.95 Å². The fourth-order valence-electron chi connectivity index (χ4n) is 1.99. The van der Waals surface area contributed by atoms with E-state index in [0.29, 0.717) is 12.2 Å². The van der Waals surface area contributed by atoms with Crippen LogP contribution in [0.5, 0.6) is 0 Å². The number of fused-ring (bicyclic) bond motifs is 1. The van der Waals surface area contributed by atoms with E-state index in [1.807, 2.05) is 12.1 Å². The van der Waals surface area contributed by atoms with Crippen LogP contribution >= 0.6 is 0 Å². The minimum Gasteiger partial charge on any atom is -0.366 e. The first-order chi connectivity index (χ1) is 8.74. The Hall–Kier alpha value is -2.56. The number of benzene rings is 2. The Balaban J connectivity index is 1.98. The van der Waals surface area contributed by atoms with Crippen LogP contribution in [0.2, 0.25) is 0 Å². The molecule has 0 saturated carbocycles. The van der Waals surface area contributed by atoms with Gasteiger partial charge in [0.25, 0.3) is 0 Å². The molecule has 0 radical (unpaired) electrons. The van der Waals surface area contributed by atoms with Crippen molar-refractivity contribution in [2.24, 2.45) is 0 Å². The quantitative estimate of drug-likeness (QED) is 0.661. The summed E-state index contributed by atoms with van der Waals surface area (Å²) in [7, 11) is 0. The maximum Gasteiger partial charge on any atom is 0.240 e. The van der Waals surface area contributed by atoms with E-state index in [-0.39, 0.29) is 5.95 Å². The number of anilines is 1. The Morgan fingerprint density at radius 1 is 1.00 bits per heavy atom. The van der Waals surface area contributed by atoms with Crippen molar-refractivity contribution in [1.82, 2.24) is 14.9 Å². The van der Waals surface area contributed by atoms with Gasteiger partial charge in [-0.2, -0.15) is 0 Å². The van der Waals surface area contributed by atoms with Gasteiger partial charge < -0.3 is 11.6 Å². The molecule has 0 amide bonds. The van der Waals surface area contributed by atoms with Gasteiger partial charge in [0.15, 0.2) is 5.82 Å². The summed E-state index contributed by atoms with van der Waals surface area (Å²) >= 11 is 0. The van der Waals surface area contributed by atoms with Crippen molar-refractivity contribution in [1.29, 1.82) is 0 Å². The minimum absolute atomic E-state index is 0.228. The smallest absolute Gasteiger partial charge is 0.240 e. The maximum absolute atomic E-state index is 5.73. The van der Waals surface area contributed by atoms with E-state index in [1.54, 1.807) is 0 Å². The molecule has 3 aromatic rings. The predicted molar refractivity (Wildman–Crippen MR) is 71.3 cm³/mol. The molecule has 18 heavy (non-hydrogen) atoms. The van der Waals surface area contributed by atoms with Crippen LogP contribution in [-0.2, 0) is 6.42 Å². The fraction of sp³-hybridized carbons (Fsp3) is 0.0769. The Labute approximate surface area is 104 Å². The molecule has 0 aliphatic heterocycles. The molecular formula is C13H13N5. The normalized spacial score (nSPS) is 10.9. The lowest BCUT2D eigenvalue weighted by Crippen LogP contribution is -2.15. The molecule has 0 atom stereocenters. The molecule has 5 nitrogen and oxygen atoms in total. The number of hydrogen-bond acceptors (Lipinski definition) is 4. The van der Waals surface area contributed by atoms with Gasteiger partial charge in [0.05, 0.1) is 0 Å². The van der Waals surface area contributed by atoms with Crippen molar-refractivity contribution < 1.29 is 0 Å². The third-order valence-electron chi connectivity index (χ3n) is 2.97. The van der Waals surface area contributed by atoms with Crippen molar-refractivity contribution in [3.8, 4) is 0 Å². The zero-order valence-corrected chi connectivity index (χ0v) is 9.74. The average Bonchev–Trinajstić information content (AvgIpc) is 2.71. The molecule has 0 unspecified atom stereocenters. The molecule has 1 heterocycles. The zero-order valence-electron chi connectivity index (χ0n) is 9.74. The molecule has 0 fully saturated rings. The summed E-state index contributed by atoms with van der Waals surface area (Å²) in [5.74, 6) is 6.61. The van der Waals surface area contributed by atoms with Crippen molar-refractivity contribution >= 4 is 16.7 Å². The van der Waals surface area contributed by atoms with E-state index in [4.69, 9.17) is 11.6 Å². The van der Waals surface area contributed by atoms with Gasteiger partial charge in [0, 0.05) is 6.42 Å². The summed E-state index contributed by atoms with van der Waals surface area (Å²) < 4.78 is 1.31. The minimum atomic E-state index is 0.228. The Morgan fingerprint density at radius 2 is 1.78 bits per heavy atom. The highest BCUT2D eigenvalue weighted by Crippen LogP contribution is 2.17. The van der Waals surface area contributed by atoms with Crippen LogP contribution in [0.4, 0.5) is 5.95 Å². The van der Waals surface area contributed by atoms with Crippen LogP contribution < -0.4 is 11.6 Å². The third kappa shape index (κ3) is 1.75. The van der Waals surface area contributed by atoms with Crippen molar-refractivity contribution in [2.45, 2.75) is 6.42 Å². The molecular weight excluding hydrogens is 226 g/mol.